The third-order valence-electron chi connectivity index (χ3n) is 3.73. The van der Waals surface area contributed by atoms with Crippen molar-refractivity contribution in [2.45, 2.75) is 44.2 Å². The Labute approximate surface area is 170 Å². The molecule has 0 saturated carbocycles. The third-order valence-corrected chi connectivity index (χ3v) is 5.48. The van der Waals surface area contributed by atoms with Crippen LogP contribution in [0.15, 0.2) is 52.4 Å². The number of rotatable bonds is 10. The zero-order valence-corrected chi connectivity index (χ0v) is 17.3. The van der Waals surface area contributed by atoms with Crippen LogP contribution in [0.3, 0.4) is 0 Å². The maximum absolute atomic E-state index is 12.6. The van der Waals surface area contributed by atoms with Crippen molar-refractivity contribution in [2.24, 2.45) is 10.8 Å². The average molecular weight is 426 g/mol. The van der Waals surface area contributed by atoms with Crippen molar-refractivity contribution in [3.63, 3.8) is 0 Å². The van der Waals surface area contributed by atoms with Crippen molar-refractivity contribution in [3.8, 4) is 11.5 Å². The molecular formula is C19H24ClN3O4S. The predicted octanol–water partition coefficient (Wildman–Crippen LogP) is 3.80. The highest BCUT2D eigenvalue weighted by Crippen LogP contribution is 2.29. The molecule has 0 aliphatic carbocycles. The fourth-order valence-corrected chi connectivity index (χ4v) is 3.89. The molecule has 2 aromatic carbocycles. The standard InChI is InChI=1S/C19H24ClN3O4S/c1-3-4-9-19(22-13-23-21)26-15-10-14(2)11-16(12-15)27-28(24,25)18-8-6-5-7-17(18)20/h5-8,10-13,19H,3-4,9,21H2,1-2H3,(H,22,23). The Bertz CT molecular complexity index is 919. The van der Waals surface area contributed by atoms with Gasteiger partial charge in [-0.2, -0.15) is 8.42 Å². The lowest BCUT2D eigenvalue weighted by Gasteiger charge is -2.16. The van der Waals surface area contributed by atoms with Gasteiger partial charge < -0.3 is 14.3 Å². The molecule has 9 heteroatoms. The molecule has 2 aromatic rings. The van der Waals surface area contributed by atoms with Gasteiger partial charge in [0, 0.05) is 12.5 Å². The van der Waals surface area contributed by atoms with Gasteiger partial charge in [-0.25, -0.2) is 10.8 Å². The molecule has 7 nitrogen and oxygen atoms in total. The second-order valence-electron chi connectivity index (χ2n) is 6.11. The maximum atomic E-state index is 12.6. The monoisotopic (exact) mass is 425 g/mol. The van der Waals surface area contributed by atoms with Gasteiger partial charge in [-0.05, 0) is 43.2 Å². The lowest BCUT2D eigenvalue weighted by atomic mass is 10.2. The molecule has 152 valence electrons. The van der Waals surface area contributed by atoms with Crippen molar-refractivity contribution in [1.82, 2.24) is 5.43 Å². The number of halogens is 1. The van der Waals surface area contributed by atoms with E-state index in [1.807, 2.05) is 6.92 Å². The summed E-state index contributed by atoms with van der Waals surface area (Å²) in [6.45, 7) is 3.88. The molecule has 0 aliphatic heterocycles. The zero-order valence-electron chi connectivity index (χ0n) is 15.8. The Morgan fingerprint density at radius 2 is 1.96 bits per heavy atom. The molecule has 0 radical (unpaired) electrons. The summed E-state index contributed by atoms with van der Waals surface area (Å²) < 4.78 is 36.3. The second-order valence-corrected chi connectivity index (χ2v) is 8.03. The van der Waals surface area contributed by atoms with E-state index in [2.05, 4.69) is 17.3 Å². The molecule has 2 rings (SSSR count). The predicted molar refractivity (Wildman–Crippen MR) is 110 cm³/mol. The fraction of sp³-hybridized carbons (Fsp3) is 0.316. The Morgan fingerprint density at radius 1 is 1.25 bits per heavy atom. The van der Waals surface area contributed by atoms with Gasteiger partial charge in [0.2, 0.25) is 0 Å². The maximum Gasteiger partial charge on any atom is 0.340 e. The third kappa shape index (κ3) is 6.40. The van der Waals surface area contributed by atoms with E-state index in [1.54, 1.807) is 24.3 Å². The number of aliphatic imine (C=N–C) groups is 1. The summed E-state index contributed by atoms with van der Waals surface area (Å²) in [7, 11) is -4.08. The topological polar surface area (TPSA) is 103 Å². The molecule has 0 bridgehead atoms. The Balaban J connectivity index is 2.24. The largest absolute Gasteiger partial charge is 0.469 e. The summed E-state index contributed by atoms with van der Waals surface area (Å²) in [6, 6.07) is 11.0. The van der Waals surface area contributed by atoms with E-state index in [0.717, 1.165) is 18.4 Å². The van der Waals surface area contributed by atoms with Crippen LogP contribution in [-0.2, 0) is 10.1 Å². The van der Waals surface area contributed by atoms with Crippen LogP contribution in [0.5, 0.6) is 11.5 Å². The molecule has 1 atom stereocenters. The number of hydrogen-bond donors (Lipinski definition) is 2. The lowest BCUT2D eigenvalue weighted by Crippen LogP contribution is -2.23. The van der Waals surface area contributed by atoms with Crippen LogP contribution in [0.2, 0.25) is 5.02 Å². The number of aryl methyl sites for hydroxylation is 1. The van der Waals surface area contributed by atoms with E-state index >= 15 is 0 Å². The van der Waals surface area contributed by atoms with Crippen LogP contribution in [0.1, 0.15) is 31.7 Å². The summed E-state index contributed by atoms with van der Waals surface area (Å²) in [5.74, 6) is 5.81. The Morgan fingerprint density at radius 3 is 2.64 bits per heavy atom. The van der Waals surface area contributed by atoms with Crippen molar-refractivity contribution < 1.29 is 17.3 Å². The van der Waals surface area contributed by atoms with Gasteiger partial charge in [0.15, 0.2) is 6.23 Å². The van der Waals surface area contributed by atoms with Crippen LogP contribution in [-0.4, -0.2) is 21.0 Å². The zero-order chi connectivity index (χ0) is 20.6. The van der Waals surface area contributed by atoms with Crippen LogP contribution in [0, 0.1) is 6.92 Å². The minimum absolute atomic E-state index is 0.0925. The smallest absolute Gasteiger partial charge is 0.340 e. The van der Waals surface area contributed by atoms with E-state index in [1.165, 1.54) is 24.5 Å². The number of hydrazine groups is 1. The van der Waals surface area contributed by atoms with Crippen molar-refractivity contribution in [2.75, 3.05) is 0 Å². The van der Waals surface area contributed by atoms with Crippen molar-refractivity contribution in [1.29, 1.82) is 0 Å². The normalized spacial score (nSPS) is 12.7. The van der Waals surface area contributed by atoms with Gasteiger partial charge in [0.25, 0.3) is 0 Å². The molecule has 0 aliphatic rings. The SMILES string of the molecule is CCCCC(N=CNN)Oc1cc(C)cc(OS(=O)(=O)c2ccccc2Cl)c1. The molecule has 0 heterocycles. The first kappa shape index (κ1) is 22.0. The summed E-state index contributed by atoms with van der Waals surface area (Å²) >= 11 is 5.99. The van der Waals surface area contributed by atoms with Crippen molar-refractivity contribution >= 4 is 28.1 Å². The minimum Gasteiger partial charge on any atom is -0.469 e. The molecule has 0 saturated heterocycles. The fourth-order valence-electron chi connectivity index (χ4n) is 2.48. The molecular weight excluding hydrogens is 402 g/mol. The van der Waals surface area contributed by atoms with Gasteiger partial charge >= 0.3 is 10.1 Å². The second kappa shape index (κ2) is 10.3. The molecule has 0 aromatic heterocycles. The first-order valence-corrected chi connectivity index (χ1v) is 10.6. The summed E-state index contributed by atoms with van der Waals surface area (Å²) in [6.07, 6.45) is 3.50. The van der Waals surface area contributed by atoms with Crippen LogP contribution < -0.4 is 20.2 Å². The first-order chi connectivity index (χ1) is 13.4. The van der Waals surface area contributed by atoms with E-state index in [4.69, 9.17) is 26.4 Å². The van der Waals surface area contributed by atoms with Gasteiger partial charge in [-0.15, -0.1) is 0 Å². The Hall–Kier alpha value is -2.29. The van der Waals surface area contributed by atoms with Gasteiger partial charge in [-0.1, -0.05) is 37.1 Å². The number of ether oxygens (including phenoxy) is 1. The van der Waals surface area contributed by atoms with Gasteiger partial charge in [0.05, 0.1) is 5.02 Å². The van der Waals surface area contributed by atoms with Crippen LogP contribution in [0.4, 0.5) is 0 Å². The minimum atomic E-state index is -4.08. The van der Waals surface area contributed by atoms with Crippen LogP contribution in [0.25, 0.3) is 0 Å². The number of hydrogen-bond acceptors (Lipinski definition) is 6. The summed E-state index contributed by atoms with van der Waals surface area (Å²) in [5.41, 5.74) is 3.12. The Kier molecular flexibility index (Phi) is 8.10. The molecule has 0 fully saturated rings. The average Bonchev–Trinajstić information content (AvgIpc) is 2.63. The molecule has 0 spiro atoms. The van der Waals surface area contributed by atoms with Gasteiger partial charge in [0.1, 0.15) is 22.7 Å². The number of nitrogens with one attached hydrogen (secondary N) is 1. The van der Waals surface area contributed by atoms with E-state index < -0.39 is 16.3 Å². The lowest BCUT2D eigenvalue weighted by molar-refractivity contribution is 0.197. The number of benzene rings is 2. The highest BCUT2D eigenvalue weighted by Gasteiger charge is 2.20. The van der Waals surface area contributed by atoms with E-state index in [-0.39, 0.29) is 15.7 Å². The molecule has 3 N–H and O–H groups in total. The van der Waals surface area contributed by atoms with Gasteiger partial charge in [-0.3, -0.25) is 0 Å². The number of nitrogens with two attached hydrogens (primary N) is 1. The number of unbranched alkanes of at least 4 members (excludes halogenated alkanes) is 1. The highest BCUT2D eigenvalue weighted by molar-refractivity contribution is 7.87. The highest BCUT2D eigenvalue weighted by atomic mass is 35.5. The number of nitrogens with zero attached hydrogens (tertiary/aromatic N) is 1. The van der Waals surface area contributed by atoms with E-state index in [9.17, 15) is 8.42 Å². The summed E-state index contributed by atoms with van der Waals surface area (Å²) in [5, 5.41) is 0.0925. The quantitative estimate of drug-likeness (QED) is 0.197. The van der Waals surface area contributed by atoms with Crippen molar-refractivity contribution in [3.05, 3.63) is 53.1 Å². The molecule has 0 amide bonds. The molecule has 28 heavy (non-hydrogen) atoms. The first-order valence-electron chi connectivity index (χ1n) is 8.81. The van der Waals surface area contributed by atoms with Crippen LogP contribution >= 0.6 is 11.6 Å². The van der Waals surface area contributed by atoms with E-state index in [0.29, 0.717) is 12.2 Å². The summed E-state index contributed by atoms with van der Waals surface area (Å²) in [4.78, 5) is 4.11. The molecule has 1 unspecified atom stereocenters.